The second-order valence-electron chi connectivity index (χ2n) is 5.55. The van der Waals surface area contributed by atoms with E-state index < -0.39 is 41.3 Å². The molecule has 1 aliphatic heterocycles. The minimum Gasteiger partial charge on any atom is -0.508 e. The van der Waals surface area contributed by atoms with Crippen molar-refractivity contribution in [2.24, 2.45) is 0 Å². The fourth-order valence-corrected chi connectivity index (χ4v) is 3.44. The highest BCUT2D eigenvalue weighted by Crippen LogP contribution is 2.52. The van der Waals surface area contributed by atoms with Crippen molar-refractivity contribution >= 4 is 17.5 Å². The summed E-state index contributed by atoms with van der Waals surface area (Å²) < 4.78 is 57.9. The number of aromatic hydroxyl groups is 1. The van der Waals surface area contributed by atoms with Crippen LogP contribution >= 0.6 is 11.8 Å². The number of hydrogen-bond donors (Lipinski definition) is 1. The number of benzene rings is 1. The Hall–Kier alpha value is -2.13. The number of ketones is 1. The third-order valence-electron chi connectivity index (χ3n) is 3.79. The van der Waals surface area contributed by atoms with Gasteiger partial charge in [0.1, 0.15) is 11.4 Å². The molecule has 3 rings (SSSR count). The molecular formula is C17H13F4NO3S. The molecule has 1 aliphatic rings. The van der Waals surface area contributed by atoms with E-state index >= 15 is 0 Å². The highest BCUT2D eigenvalue weighted by atomic mass is 32.2. The minimum atomic E-state index is -4.22. The van der Waals surface area contributed by atoms with E-state index in [0.29, 0.717) is 22.8 Å². The van der Waals surface area contributed by atoms with Gasteiger partial charge in [0.25, 0.3) is 0 Å². The maximum Gasteiger partial charge on any atom is 0.388 e. The second kappa shape index (κ2) is 6.55. The standard InChI is InChI=1S/C17H13F4NO3S/c1-2-26-14-4-3-5-22-15(14)13(24)7-9-6-10-11(8-12(9)23)17(20,21)25-16(10,18)19/h3-6,8,23H,2,7H2,1H3. The number of ether oxygens (including phenoxy) is 1. The van der Waals surface area contributed by atoms with E-state index in [0.717, 1.165) is 0 Å². The molecule has 138 valence electrons. The number of alkyl halides is 4. The lowest BCUT2D eigenvalue weighted by molar-refractivity contribution is -0.369. The molecule has 0 saturated carbocycles. The highest BCUT2D eigenvalue weighted by molar-refractivity contribution is 7.99. The first-order chi connectivity index (χ1) is 12.2. The van der Waals surface area contributed by atoms with Gasteiger partial charge < -0.3 is 5.11 Å². The zero-order chi connectivity index (χ0) is 19.1. The summed E-state index contributed by atoms with van der Waals surface area (Å²) in [5.74, 6) is -0.515. The third-order valence-corrected chi connectivity index (χ3v) is 4.72. The predicted octanol–water partition coefficient (Wildman–Crippen LogP) is 4.45. The number of phenols is 1. The van der Waals surface area contributed by atoms with Gasteiger partial charge >= 0.3 is 12.2 Å². The number of Topliss-reactive ketones (excluding diaryl/α,β-unsaturated/α-hetero) is 1. The number of phenolic OH excluding ortho intramolecular Hbond substituents is 1. The average molecular weight is 387 g/mol. The molecule has 0 fully saturated rings. The van der Waals surface area contributed by atoms with Crippen molar-refractivity contribution in [3.63, 3.8) is 0 Å². The van der Waals surface area contributed by atoms with E-state index in [1.165, 1.54) is 18.0 Å². The number of aromatic nitrogens is 1. The number of rotatable bonds is 5. The van der Waals surface area contributed by atoms with Gasteiger partial charge in [-0.2, -0.15) is 17.6 Å². The summed E-state index contributed by atoms with van der Waals surface area (Å²) in [6.07, 6.45) is -7.48. The first-order valence-corrected chi connectivity index (χ1v) is 8.58. The van der Waals surface area contributed by atoms with Crippen LogP contribution in [0.15, 0.2) is 35.4 Å². The molecule has 0 bridgehead atoms. The zero-order valence-corrected chi connectivity index (χ0v) is 14.2. The summed E-state index contributed by atoms with van der Waals surface area (Å²) in [4.78, 5) is 17.1. The molecule has 2 heterocycles. The highest BCUT2D eigenvalue weighted by Gasteiger charge is 2.57. The Balaban J connectivity index is 1.96. The smallest absolute Gasteiger partial charge is 0.388 e. The number of halogens is 4. The molecule has 0 atom stereocenters. The maximum atomic E-state index is 13.7. The molecule has 0 unspecified atom stereocenters. The molecule has 26 heavy (non-hydrogen) atoms. The fourth-order valence-electron chi connectivity index (χ4n) is 2.66. The van der Waals surface area contributed by atoms with Crippen LogP contribution in [-0.2, 0) is 23.4 Å². The van der Waals surface area contributed by atoms with Crippen LogP contribution in [0.1, 0.15) is 34.1 Å². The average Bonchev–Trinajstić information content (AvgIpc) is 2.73. The van der Waals surface area contributed by atoms with Crippen LogP contribution in [0.2, 0.25) is 0 Å². The number of fused-ring (bicyclic) bond motifs is 1. The minimum absolute atomic E-state index is 0.132. The zero-order valence-electron chi connectivity index (χ0n) is 13.4. The van der Waals surface area contributed by atoms with Gasteiger partial charge in [-0.05, 0) is 30.0 Å². The Morgan fingerprint density at radius 2 is 1.88 bits per heavy atom. The summed E-state index contributed by atoms with van der Waals surface area (Å²) in [5.41, 5.74) is -2.25. The van der Waals surface area contributed by atoms with Gasteiger partial charge in [-0.25, -0.2) is 4.74 Å². The van der Waals surface area contributed by atoms with Crippen LogP contribution in [-0.4, -0.2) is 21.6 Å². The first kappa shape index (κ1) is 18.7. The normalized spacial score (nSPS) is 17.1. The Kier molecular flexibility index (Phi) is 4.70. The lowest BCUT2D eigenvalue weighted by Crippen LogP contribution is -2.17. The Morgan fingerprint density at radius 1 is 1.23 bits per heavy atom. The van der Waals surface area contributed by atoms with Gasteiger partial charge in [-0.1, -0.05) is 6.92 Å². The van der Waals surface area contributed by atoms with Crippen LogP contribution in [0.3, 0.4) is 0 Å². The van der Waals surface area contributed by atoms with Crippen molar-refractivity contribution in [3.8, 4) is 5.75 Å². The number of carbonyl (C=O) groups excluding carboxylic acids is 1. The first-order valence-electron chi connectivity index (χ1n) is 7.59. The number of hydrogen-bond acceptors (Lipinski definition) is 5. The topological polar surface area (TPSA) is 59.4 Å². The summed E-state index contributed by atoms with van der Waals surface area (Å²) in [5, 5.41) is 9.93. The summed E-state index contributed by atoms with van der Waals surface area (Å²) in [7, 11) is 0. The third kappa shape index (κ3) is 3.28. The van der Waals surface area contributed by atoms with Crippen molar-refractivity contribution in [1.82, 2.24) is 4.98 Å². The second-order valence-corrected chi connectivity index (χ2v) is 6.85. The largest absolute Gasteiger partial charge is 0.508 e. The molecule has 2 aromatic rings. The summed E-state index contributed by atoms with van der Waals surface area (Å²) >= 11 is 1.38. The molecule has 9 heteroatoms. The van der Waals surface area contributed by atoms with E-state index in [9.17, 15) is 27.5 Å². The van der Waals surface area contributed by atoms with E-state index in [1.54, 1.807) is 12.1 Å². The van der Waals surface area contributed by atoms with Gasteiger partial charge in [-0.3, -0.25) is 9.78 Å². The molecule has 0 aliphatic carbocycles. The molecule has 0 amide bonds. The van der Waals surface area contributed by atoms with Crippen LogP contribution in [0, 0.1) is 0 Å². The number of nitrogens with zero attached hydrogens (tertiary/aromatic N) is 1. The van der Waals surface area contributed by atoms with E-state index in [1.807, 2.05) is 6.92 Å². The number of pyridine rings is 1. The van der Waals surface area contributed by atoms with Crippen LogP contribution in [0.4, 0.5) is 17.6 Å². The van der Waals surface area contributed by atoms with Gasteiger partial charge in [0.05, 0.1) is 11.1 Å². The van der Waals surface area contributed by atoms with Gasteiger partial charge in [0, 0.05) is 23.1 Å². The predicted molar refractivity (Wildman–Crippen MR) is 85.6 cm³/mol. The van der Waals surface area contributed by atoms with E-state index in [4.69, 9.17) is 0 Å². The van der Waals surface area contributed by atoms with Gasteiger partial charge in [-0.15, -0.1) is 11.8 Å². The van der Waals surface area contributed by atoms with Crippen molar-refractivity contribution in [3.05, 3.63) is 52.8 Å². The summed E-state index contributed by atoms with van der Waals surface area (Å²) in [6, 6.07) is 4.54. The molecule has 1 N–H and O–H groups in total. The molecule has 0 saturated heterocycles. The quantitative estimate of drug-likeness (QED) is 0.467. The van der Waals surface area contributed by atoms with Crippen molar-refractivity contribution in [2.45, 2.75) is 30.5 Å². The SMILES string of the molecule is CCSc1cccnc1C(=O)Cc1cc2c(cc1O)C(F)(F)OC2(F)F. The number of thioether (sulfide) groups is 1. The lowest BCUT2D eigenvalue weighted by Gasteiger charge is -2.11. The maximum absolute atomic E-state index is 13.7. The molecule has 1 aromatic heterocycles. The van der Waals surface area contributed by atoms with Crippen molar-refractivity contribution in [2.75, 3.05) is 5.75 Å². The monoisotopic (exact) mass is 387 g/mol. The van der Waals surface area contributed by atoms with E-state index in [2.05, 4.69) is 9.72 Å². The van der Waals surface area contributed by atoms with Gasteiger partial charge in [0.15, 0.2) is 5.78 Å². The van der Waals surface area contributed by atoms with Crippen LogP contribution < -0.4 is 0 Å². The molecule has 0 radical (unpaired) electrons. The Morgan fingerprint density at radius 3 is 2.54 bits per heavy atom. The van der Waals surface area contributed by atoms with E-state index in [-0.39, 0.29) is 11.3 Å². The fraction of sp³-hybridized carbons (Fsp3) is 0.294. The Bertz CT molecular complexity index is 873. The lowest BCUT2D eigenvalue weighted by atomic mass is 9.99. The van der Waals surface area contributed by atoms with Crippen LogP contribution in [0.25, 0.3) is 0 Å². The van der Waals surface area contributed by atoms with Gasteiger partial charge in [0.2, 0.25) is 0 Å². The number of carbonyl (C=O) groups is 1. The van der Waals surface area contributed by atoms with Crippen molar-refractivity contribution in [1.29, 1.82) is 0 Å². The molecule has 0 spiro atoms. The molecule has 1 aromatic carbocycles. The Labute approximate surface area is 150 Å². The summed E-state index contributed by atoms with van der Waals surface area (Å²) in [6.45, 7) is 1.89. The molecular weight excluding hydrogens is 374 g/mol. The van der Waals surface area contributed by atoms with Crippen LogP contribution in [0.5, 0.6) is 5.75 Å². The molecule has 4 nitrogen and oxygen atoms in total. The van der Waals surface area contributed by atoms with Crippen molar-refractivity contribution < 1.29 is 32.2 Å².